The minimum absolute atomic E-state index is 0.0753. The lowest BCUT2D eigenvalue weighted by Crippen LogP contribution is -2.35. The van der Waals surface area contributed by atoms with Crippen molar-refractivity contribution in [2.24, 2.45) is 0 Å². The van der Waals surface area contributed by atoms with Gasteiger partial charge in [0.2, 0.25) is 0 Å². The summed E-state index contributed by atoms with van der Waals surface area (Å²) in [5.74, 6) is 0.487. The van der Waals surface area contributed by atoms with Gasteiger partial charge in [-0.3, -0.25) is 10.1 Å². The molecule has 0 atom stereocenters. The summed E-state index contributed by atoms with van der Waals surface area (Å²) in [6.45, 7) is 4.16. The Balaban J connectivity index is 2.77. The van der Waals surface area contributed by atoms with Crippen LogP contribution < -0.4 is 5.32 Å². The fourth-order valence-electron chi connectivity index (χ4n) is 1.41. The fourth-order valence-corrected chi connectivity index (χ4v) is 1.88. The van der Waals surface area contributed by atoms with Gasteiger partial charge in [0.25, 0.3) is 5.69 Å². The number of aromatic nitrogens is 1. The normalized spacial score (nSPS) is 11.3. The van der Waals surface area contributed by atoms with Crippen molar-refractivity contribution in [1.82, 2.24) is 4.98 Å². The summed E-state index contributed by atoms with van der Waals surface area (Å²) >= 11 is 3.22. The third-order valence-corrected chi connectivity index (χ3v) is 3.54. The van der Waals surface area contributed by atoms with Gasteiger partial charge in [-0.05, 0) is 28.8 Å². The zero-order chi connectivity index (χ0) is 13.8. The van der Waals surface area contributed by atoms with Gasteiger partial charge in [0.1, 0.15) is 12.0 Å². The summed E-state index contributed by atoms with van der Waals surface area (Å²) in [5.41, 5.74) is -0.864. The van der Waals surface area contributed by atoms with Crippen LogP contribution in [0.4, 0.5) is 11.5 Å². The lowest BCUT2D eigenvalue weighted by Gasteiger charge is -2.25. The minimum atomic E-state index is -0.789. The molecule has 100 valence electrons. The highest BCUT2D eigenvalue weighted by molar-refractivity contribution is 9.10. The lowest BCUT2D eigenvalue weighted by molar-refractivity contribution is -0.385. The second kappa shape index (κ2) is 6.10. The van der Waals surface area contributed by atoms with Crippen molar-refractivity contribution >= 4 is 27.4 Å². The van der Waals surface area contributed by atoms with E-state index in [1.807, 2.05) is 13.8 Å². The summed E-state index contributed by atoms with van der Waals surface area (Å²) < 4.78 is 0.506. The molecule has 0 radical (unpaired) electrons. The molecule has 0 saturated heterocycles. The topological polar surface area (TPSA) is 88.3 Å². The maximum absolute atomic E-state index is 10.6. The number of aliphatic hydroxyl groups is 1. The van der Waals surface area contributed by atoms with Crippen LogP contribution in [0.3, 0.4) is 0 Å². The monoisotopic (exact) mass is 317 g/mol. The third-order valence-electron chi connectivity index (χ3n) is 2.94. The van der Waals surface area contributed by atoms with Crippen LogP contribution in [-0.2, 0) is 0 Å². The van der Waals surface area contributed by atoms with E-state index in [4.69, 9.17) is 0 Å². The van der Waals surface area contributed by atoms with Gasteiger partial charge >= 0.3 is 0 Å². The van der Waals surface area contributed by atoms with Crippen molar-refractivity contribution in [3.63, 3.8) is 0 Å². The Kier molecular flexibility index (Phi) is 5.03. The summed E-state index contributed by atoms with van der Waals surface area (Å²) in [6, 6.07) is 1.38. The van der Waals surface area contributed by atoms with Crippen LogP contribution in [0, 0.1) is 10.1 Å². The first-order chi connectivity index (χ1) is 8.41. The predicted octanol–water partition coefficient (Wildman–Crippen LogP) is 2.72. The van der Waals surface area contributed by atoms with E-state index >= 15 is 0 Å². The molecule has 0 spiro atoms. The molecule has 0 saturated carbocycles. The molecular weight excluding hydrogens is 302 g/mol. The van der Waals surface area contributed by atoms with Crippen LogP contribution in [0.2, 0.25) is 0 Å². The number of anilines is 1. The second-order valence-corrected chi connectivity index (χ2v) is 4.92. The molecule has 0 aromatic carbocycles. The average molecular weight is 318 g/mol. The first-order valence-corrected chi connectivity index (χ1v) is 6.47. The largest absolute Gasteiger partial charge is 0.388 e. The number of halogens is 1. The number of nitrogens with zero attached hydrogens (tertiary/aromatic N) is 2. The Bertz CT molecular complexity index is 436. The van der Waals surface area contributed by atoms with E-state index in [1.165, 1.54) is 12.3 Å². The quantitative estimate of drug-likeness (QED) is 0.622. The first-order valence-electron chi connectivity index (χ1n) is 5.68. The van der Waals surface area contributed by atoms with Crippen molar-refractivity contribution in [2.75, 3.05) is 11.9 Å². The zero-order valence-electron chi connectivity index (χ0n) is 10.3. The molecule has 0 fully saturated rings. The molecule has 6 nitrogen and oxygen atoms in total. The number of hydrogen-bond acceptors (Lipinski definition) is 5. The molecule has 18 heavy (non-hydrogen) atoms. The van der Waals surface area contributed by atoms with Gasteiger partial charge in [0.15, 0.2) is 0 Å². The maximum Gasteiger partial charge on any atom is 0.288 e. The Morgan fingerprint density at radius 1 is 1.56 bits per heavy atom. The van der Waals surface area contributed by atoms with Gasteiger partial charge < -0.3 is 10.4 Å². The molecule has 0 aliphatic rings. The highest BCUT2D eigenvalue weighted by Crippen LogP contribution is 2.25. The third kappa shape index (κ3) is 3.64. The molecule has 0 aliphatic carbocycles. The molecule has 7 heteroatoms. The SMILES string of the molecule is CCC(O)(CC)CNc1ncc([N+](=O)[O-])cc1Br. The molecule has 1 heterocycles. The molecule has 0 bridgehead atoms. The standard InChI is InChI=1S/C11H16BrN3O3/c1-3-11(16,4-2)7-14-10-9(12)5-8(6-13-10)15(17)18/h5-6,16H,3-4,7H2,1-2H3,(H,13,14). The Hall–Kier alpha value is -1.21. The smallest absolute Gasteiger partial charge is 0.288 e. The molecule has 1 aromatic heterocycles. The van der Waals surface area contributed by atoms with Gasteiger partial charge in [0, 0.05) is 12.6 Å². The molecule has 0 aliphatic heterocycles. The Labute approximate surface area is 114 Å². The van der Waals surface area contributed by atoms with E-state index in [0.29, 0.717) is 29.7 Å². The summed E-state index contributed by atoms with van der Waals surface area (Å²) in [5, 5.41) is 23.7. The van der Waals surface area contributed by atoms with Crippen molar-refractivity contribution in [1.29, 1.82) is 0 Å². The lowest BCUT2D eigenvalue weighted by atomic mass is 9.98. The highest BCUT2D eigenvalue weighted by Gasteiger charge is 2.22. The highest BCUT2D eigenvalue weighted by atomic mass is 79.9. The van der Waals surface area contributed by atoms with Crippen molar-refractivity contribution in [3.8, 4) is 0 Å². The van der Waals surface area contributed by atoms with Gasteiger partial charge in [-0.15, -0.1) is 0 Å². The summed E-state index contributed by atoms with van der Waals surface area (Å²) in [4.78, 5) is 14.0. The van der Waals surface area contributed by atoms with E-state index in [0.717, 1.165) is 0 Å². The van der Waals surface area contributed by atoms with Gasteiger partial charge in [-0.2, -0.15) is 0 Å². The van der Waals surface area contributed by atoms with Crippen LogP contribution >= 0.6 is 15.9 Å². The van der Waals surface area contributed by atoms with Gasteiger partial charge in [-0.1, -0.05) is 13.8 Å². The van der Waals surface area contributed by atoms with E-state index in [-0.39, 0.29) is 5.69 Å². The number of nitro groups is 1. The number of nitrogens with one attached hydrogen (secondary N) is 1. The van der Waals surface area contributed by atoms with Crippen LogP contribution in [0.25, 0.3) is 0 Å². The fraction of sp³-hybridized carbons (Fsp3) is 0.545. The van der Waals surface area contributed by atoms with Crippen LogP contribution in [0.15, 0.2) is 16.7 Å². The molecule has 0 amide bonds. The van der Waals surface area contributed by atoms with E-state index < -0.39 is 10.5 Å². The Morgan fingerprint density at radius 2 is 2.17 bits per heavy atom. The predicted molar refractivity (Wildman–Crippen MR) is 72.6 cm³/mol. The van der Waals surface area contributed by atoms with E-state index in [9.17, 15) is 15.2 Å². The number of rotatable bonds is 6. The first kappa shape index (κ1) is 14.8. The van der Waals surface area contributed by atoms with E-state index in [1.54, 1.807) is 0 Å². The molecule has 0 unspecified atom stereocenters. The van der Waals surface area contributed by atoms with Gasteiger partial charge in [0.05, 0.1) is 15.0 Å². The summed E-state index contributed by atoms with van der Waals surface area (Å²) in [6.07, 6.45) is 2.44. The van der Waals surface area contributed by atoms with Crippen molar-refractivity contribution < 1.29 is 10.0 Å². The van der Waals surface area contributed by atoms with Crippen LogP contribution in [0.1, 0.15) is 26.7 Å². The van der Waals surface area contributed by atoms with E-state index in [2.05, 4.69) is 26.2 Å². The molecular formula is C11H16BrN3O3. The minimum Gasteiger partial charge on any atom is -0.388 e. The van der Waals surface area contributed by atoms with Crippen LogP contribution in [-0.4, -0.2) is 27.2 Å². The number of pyridine rings is 1. The average Bonchev–Trinajstić information content (AvgIpc) is 2.36. The molecule has 2 N–H and O–H groups in total. The zero-order valence-corrected chi connectivity index (χ0v) is 11.9. The van der Waals surface area contributed by atoms with Gasteiger partial charge in [-0.25, -0.2) is 4.98 Å². The van der Waals surface area contributed by atoms with Crippen LogP contribution in [0.5, 0.6) is 0 Å². The maximum atomic E-state index is 10.6. The molecule has 1 aromatic rings. The molecule has 1 rings (SSSR count). The second-order valence-electron chi connectivity index (χ2n) is 4.07. The summed E-state index contributed by atoms with van der Waals surface area (Å²) in [7, 11) is 0. The van der Waals surface area contributed by atoms with Crippen molar-refractivity contribution in [3.05, 3.63) is 26.9 Å². The number of hydrogen-bond donors (Lipinski definition) is 2. The van der Waals surface area contributed by atoms with Crippen molar-refractivity contribution in [2.45, 2.75) is 32.3 Å². The Morgan fingerprint density at radius 3 is 2.61 bits per heavy atom.